The van der Waals surface area contributed by atoms with Gasteiger partial charge in [0.2, 0.25) is 0 Å². The molecule has 0 aromatic carbocycles. The SMILES string of the molecule is CCCCCCCCCC(CCCCCCCCCC(O)CCCC)S(=O)(=O)[O-].[K+]. The molecule has 0 bridgehead atoms. The second kappa shape index (κ2) is 23.7. The van der Waals surface area contributed by atoms with Gasteiger partial charge in [0.05, 0.1) is 16.2 Å². The van der Waals surface area contributed by atoms with Gasteiger partial charge in [-0.15, -0.1) is 0 Å². The van der Waals surface area contributed by atoms with E-state index in [1.54, 1.807) is 0 Å². The molecule has 0 saturated carbocycles. The van der Waals surface area contributed by atoms with E-state index < -0.39 is 15.4 Å². The Morgan fingerprint density at radius 1 is 0.600 bits per heavy atom. The van der Waals surface area contributed by atoms with Gasteiger partial charge in [0.25, 0.3) is 0 Å². The van der Waals surface area contributed by atoms with Gasteiger partial charge in [0.15, 0.2) is 0 Å². The Morgan fingerprint density at radius 2 is 0.933 bits per heavy atom. The van der Waals surface area contributed by atoms with Crippen molar-refractivity contribution < 1.29 is 69.5 Å². The van der Waals surface area contributed by atoms with Gasteiger partial charge in [0.1, 0.15) is 0 Å². The Hall–Kier alpha value is 1.51. The van der Waals surface area contributed by atoms with Gasteiger partial charge in [-0.1, -0.05) is 117 Å². The van der Waals surface area contributed by atoms with Gasteiger partial charge in [-0.25, -0.2) is 8.42 Å². The normalized spacial score (nSPS) is 13.7. The zero-order valence-corrected chi connectivity index (χ0v) is 24.3. The van der Waals surface area contributed by atoms with Crippen molar-refractivity contribution in [1.82, 2.24) is 0 Å². The van der Waals surface area contributed by atoms with E-state index in [9.17, 15) is 18.1 Å². The van der Waals surface area contributed by atoms with Crippen LogP contribution in [0.2, 0.25) is 0 Å². The minimum absolute atomic E-state index is 0. The predicted molar refractivity (Wildman–Crippen MR) is 123 cm³/mol. The van der Waals surface area contributed by atoms with Crippen molar-refractivity contribution in [3.63, 3.8) is 0 Å². The number of hydrogen-bond donors (Lipinski definition) is 1. The van der Waals surface area contributed by atoms with Crippen LogP contribution in [-0.4, -0.2) is 29.4 Å². The van der Waals surface area contributed by atoms with Crippen molar-refractivity contribution in [3.8, 4) is 0 Å². The van der Waals surface area contributed by atoms with E-state index in [4.69, 9.17) is 0 Å². The second-order valence-corrected chi connectivity index (χ2v) is 10.5. The topological polar surface area (TPSA) is 77.4 Å². The predicted octanol–water partition coefficient (Wildman–Crippen LogP) is 4.11. The van der Waals surface area contributed by atoms with Gasteiger partial charge in [-0.05, 0) is 25.7 Å². The van der Waals surface area contributed by atoms with E-state index in [1.165, 1.54) is 38.5 Å². The van der Waals surface area contributed by atoms with Crippen LogP contribution in [0, 0.1) is 0 Å². The van der Waals surface area contributed by atoms with E-state index in [1.807, 2.05) is 0 Å². The summed E-state index contributed by atoms with van der Waals surface area (Å²) in [5.41, 5.74) is 0. The van der Waals surface area contributed by atoms with E-state index in [0.717, 1.165) is 77.0 Å². The fourth-order valence-electron chi connectivity index (χ4n) is 3.98. The standard InChI is InChI=1S/C24H50O4S.K/c1-3-5-7-8-10-14-17-21-24(29(26,27)28)22-18-15-12-9-11-13-16-20-23(25)19-6-4-2;/h23-25H,3-22H2,1-2H3,(H,26,27,28);/q;+1/p-1. The molecule has 4 nitrogen and oxygen atoms in total. The Morgan fingerprint density at radius 3 is 1.33 bits per heavy atom. The van der Waals surface area contributed by atoms with Crippen molar-refractivity contribution in [3.05, 3.63) is 0 Å². The van der Waals surface area contributed by atoms with Crippen LogP contribution in [0.25, 0.3) is 0 Å². The Bertz CT molecular complexity index is 442. The van der Waals surface area contributed by atoms with E-state index in [0.29, 0.717) is 12.8 Å². The van der Waals surface area contributed by atoms with Gasteiger partial charge in [-0.3, -0.25) is 0 Å². The molecule has 0 heterocycles. The second-order valence-electron chi connectivity index (χ2n) is 8.87. The van der Waals surface area contributed by atoms with Gasteiger partial charge >= 0.3 is 51.4 Å². The number of aliphatic hydroxyl groups is 1. The molecule has 0 aromatic rings. The summed E-state index contributed by atoms with van der Waals surface area (Å²) in [6, 6.07) is 0. The van der Waals surface area contributed by atoms with Crippen molar-refractivity contribution in [1.29, 1.82) is 0 Å². The molecule has 6 heteroatoms. The molecule has 2 unspecified atom stereocenters. The van der Waals surface area contributed by atoms with E-state index in [2.05, 4.69) is 13.8 Å². The summed E-state index contributed by atoms with van der Waals surface area (Å²) < 4.78 is 34.6. The summed E-state index contributed by atoms with van der Waals surface area (Å²) in [6.45, 7) is 4.35. The summed E-state index contributed by atoms with van der Waals surface area (Å²) in [4.78, 5) is 0. The molecule has 0 aliphatic rings. The number of aliphatic hydroxyl groups excluding tert-OH is 1. The van der Waals surface area contributed by atoms with Crippen LogP contribution < -0.4 is 51.4 Å². The van der Waals surface area contributed by atoms with Crippen LogP contribution in [-0.2, 0) is 10.1 Å². The molecule has 0 rings (SSSR count). The van der Waals surface area contributed by atoms with Crippen LogP contribution >= 0.6 is 0 Å². The molecule has 0 fully saturated rings. The first-order valence-electron chi connectivity index (χ1n) is 12.5. The van der Waals surface area contributed by atoms with Gasteiger partial charge in [0, 0.05) is 5.25 Å². The summed E-state index contributed by atoms with van der Waals surface area (Å²) in [6.07, 6.45) is 20.7. The quantitative estimate of drug-likeness (QED) is 0.146. The number of rotatable bonds is 22. The van der Waals surface area contributed by atoms with Gasteiger partial charge in [-0.2, -0.15) is 0 Å². The molecule has 0 aliphatic heterocycles. The van der Waals surface area contributed by atoms with E-state index in [-0.39, 0.29) is 57.5 Å². The van der Waals surface area contributed by atoms with Crippen LogP contribution in [0.1, 0.15) is 142 Å². The fourth-order valence-corrected chi connectivity index (χ4v) is 4.89. The van der Waals surface area contributed by atoms with Crippen molar-refractivity contribution in [2.45, 2.75) is 154 Å². The minimum atomic E-state index is -4.16. The average molecular weight is 473 g/mol. The molecule has 2 atom stereocenters. The molecule has 30 heavy (non-hydrogen) atoms. The Balaban J connectivity index is 0. The first-order chi connectivity index (χ1) is 13.9. The molecule has 0 amide bonds. The van der Waals surface area contributed by atoms with Crippen molar-refractivity contribution >= 4 is 10.1 Å². The molecule has 0 aliphatic carbocycles. The van der Waals surface area contributed by atoms with Crippen LogP contribution in [0.4, 0.5) is 0 Å². The molecular weight excluding hydrogens is 423 g/mol. The molecule has 0 radical (unpaired) electrons. The van der Waals surface area contributed by atoms with Crippen molar-refractivity contribution in [2.24, 2.45) is 0 Å². The maximum atomic E-state index is 11.5. The summed E-state index contributed by atoms with van der Waals surface area (Å²) >= 11 is 0. The average Bonchev–Trinajstić information content (AvgIpc) is 2.67. The van der Waals surface area contributed by atoms with Gasteiger partial charge < -0.3 is 9.66 Å². The maximum Gasteiger partial charge on any atom is 1.00 e. The zero-order valence-electron chi connectivity index (χ0n) is 20.4. The van der Waals surface area contributed by atoms with Crippen molar-refractivity contribution in [2.75, 3.05) is 0 Å². The fraction of sp³-hybridized carbons (Fsp3) is 1.00. The minimum Gasteiger partial charge on any atom is -0.748 e. The number of unbranched alkanes of at least 4 members (excludes halogenated alkanes) is 13. The molecular formula is C24H49KO4S. The third kappa shape index (κ3) is 22.7. The molecule has 0 aromatic heterocycles. The third-order valence-corrected chi connectivity index (χ3v) is 7.28. The summed E-state index contributed by atoms with van der Waals surface area (Å²) in [5, 5.41) is 9.14. The summed E-state index contributed by atoms with van der Waals surface area (Å²) in [5.74, 6) is 0. The Labute approximate surface area is 230 Å². The largest absolute Gasteiger partial charge is 1.00 e. The zero-order chi connectivity index (χ0) is 21.8. The van der Waals surface area contributed by atoms with Crippen LogP contribution in [0.3, 0.4) is 0 Å². The van der Waals surface area contributed by atoms with Crippen LogP contribution in [0.5, 0.6) is 0 Å². The summed E-state index contributed by atoms with van der Waals surface area (Å²) in [7, 11) is -4.16. The van der Waals surface area contributed by atoms with Crippen LogP contribution in [0.15, 0.2) is 0 Å². The Kier molecular flexibility index (Phi) is 26.6. The van der Waals surface area contributed by atoms with E-state index >= 15 is 0 Å². The molecule has 1 N–H and O–H groups in total. The molecule has 0 saturated heterocycles. The monoisotopic (exact) mass is 472 g/mol. The first kappa shape index (κ1) is 33.7. The molecule has 0 spiro atoms. The molecule has 176 valence electrons. The third-order valence-electron chi connectivity index (χ3n) is 5.99. The first-order valence-corrected chi connectivity index (χ1v) is 14.0. The number of hydrogen-bond acceptors (Lipinski definition) is 4. The maximum absolute atomic E-state index is 11.5. The smallest absolute Gasteiger partial charge is 0.748 e.